The first-order valence-corrected chi connectivity index (χ1v) is 7.11. The van der Waals surface area contributed by atoms with E-state index in [2.05, 4.69) is 60.3 Å². The molecule has 0 radical (unpaired) electrons. The van der Waals surface area contributed by atoms with Gasteiger partial charge in [0, 0.05) is 28.5 Å². The molecule has 2 heteroatoms. The lowest BCUT2D eigenvalue weighted by atomic mass is 9.99. The van der Waals surface area contributed by atoms with Crippen molar-refractivity contribution in [2.24, 2.45) is 0 Å². The van der Waals surface area contributed by atoms with Crippen molar-refractivity contribution >= 4 is 10.9 Å². The molecule has 0 aliphatic heterocycles. The largest absolute Gasteiger partial charge is 0.361 e. The SMILES string of the molecule is Cc1cc(-c2ccc3c(C(C)C)c[nH]c3c2)cc(C)n1. The third-order valence-electron chi connectivity index (χ3n) is 3.75. The van der Waals surface area contributed by atoms with E-state index in [1.165, 1.54) is 27.6 Å². The number of H-pyrrole nitrogens is 1. The first-order chi connectivity index (χ1) is 9.54. The summed E-state index contributed by atoms with van der Waals surface area (Å²) < 4.78 is 0. The fourth-order valence-electron chi connectivity index (χ4n) is 2.81. The Hall–Kier alpha value is -2.09. The molecule has 0 atom stereocenters. The van der Waals surface area contributed by atoms with E-state index in [4.69, 9.17) is 0 Å². The van der Waals surface area contributed by atoms with Crippen LogP contribution in [-0.4, -0.2) is 9.97 Å². The molecule has 1 aromatic carbocycles. The Morgan fingerprint density at radius 1 is 0.950 bits per heavy atom. The topological polar surface area (TPSA) is 28.7 Å². The fraction of sp³-hybridized carbons (Fsp3) is 0.278. The summed E-state index contributed by atoms with van der Waals surface area (Å²) in [6.07, 6.45) is 2.13. The molecule has 0 spiro atoms. The molecule has 0 aliphatic carbocycles. The maximum atomic E-state index is 4.44. The van der Waals surface area contributed by atoms with Crippen LogP contribution in [0.1, 0.15) is 36.7 Å². The van der Waals surface area contributed by atoms with Gasteiger partial charge in [0.2, 0.25) is 0 Å². The summed E-state index contributed by atoms with van der Waals surface area (Å²) in [6.45, 7) is 8.54. The summed E-state index contributed by atoms with van der Waals surface area (Å²) in [5.74, 6) is 0.542. The first kappa shape index (κ1) is 12.9. The molecule has 0 aliphatic rings. The van der Waals surface area contributed by atoms with Crippen LogP contribution >= 0.6 is 0 Å². The molecular formula is C18H20N2. The van der Waals surface area contributed by atoms with E-state index >= 15 is 0 Å². The smallest absolute Gasteiger partial charge is 0.0463 e. The molecule has 0 fully saturated rings. The van der Waals surface area contributed by atoms with Gasteiger partial charge in [-0.15, -0.1) is 0 Å². The molecular weight excluding hydrogens is 244 g/mol. The van der Waals surface area contributed by atoms with Crippen LogP contribution < -0.4 is 0 Å². The lowest BCUT2D eigenvalue weighted by Gasteiger charge is -2.06. The average molecular weight is 264 g/mol. The summed E-state index contributed by atoms with van der Waals surface area (Å²) in [5.41, 5.74) is 7.19. The number of rotatable bonds is 2. The summed E-state index contributed by atoms with van der Waals surface area (Å²) in [7, 11) is 0. The van der Waals surface area contributed by atoms with Gasteiger partial charge in [-0.2, -0.15) is 0 Å². The number of nitrogens with zero attached hydrogens (tertiary/aromatic N) is 1. The quantitative estimate of drug-likeness (QED) is 0.695. The highest BCUT2D eigenvalue weighted by molar-refractivity contribution is 5.88. The summed E-state index contributed by atoms with van der Waals surface area (Å²) in [4.78, 5) is 7.83. The zero-order chi connectivity index (χ0) is 14.3. The number of aromatic nitrogens is 2. The molecule has 0 saturated carbocycles. The Labute approximate surface area is 119 Å². The lowest BCUT2D eigenvalue weighted by molar-refractivity contribution is 0.875. The minimum absolute atomic E-state index is 0.542. The second-order valence-electron chi connectivity index (χ2n) is 5.80. The van der Waals surface area contributed by atoms with E-state index in [1.54, 1.807) is 0 Å². The van der Waals surface area contributed by atoms with E-state index in [9.17, 15) is 0 Å². The number of aromatic amines is 1. The van der Waals surface area contributed by atoms with E-state index < -0.39 is 0 Å². The van der Waals surface area contributed by atoms with E-state index in [0.29, 0.717) is 5.92 Å². The summed E-state index contributed by atoms with van der Waals surface area (Å²) in [5, 5.41) is 1.33. The maximum absolute atomic E-state index is 4.44. The monoisotopic (exact) mass is 264 g/mol. The zero-order valence-corrected chi connectivity index (χ0v) is 12.5. The number of benzene rings is 1. The van der Waals surface area contributed by atoms with Crippen LogP contribution in [-0.2, 0) is 0 Å². The van der Waals surface area contributed by atoms with Crippen molar-refractivity contribution in [1.29, 1.82) is 0 Å². The molecule has 0 unspecified atom stereocenters. The zero-order valence-electron chi connectivity index (χ0n) is 12.5. The Balaban J connectivity index is 2.13. The van der Waals surface area contributed by atoms with Crippen LogP contribution in [0.3, 0.4) is 0 Å². The minimum Gasteiger partial charge on any atom is -0.361 e. The molecule has 0 bridgehead atoms. The van der Waals surface area contributed by atoms with Crippen LogP contribution in [0, 0.1) is 13.8 Å². The number of hydrogen-bond acceptors (Lipinski definition) is 1. The van der Waals surface area contributed by atoms with E-state index in [0.717, 1.165) is 11.4 Å². The molecule has 2 heterocycles. The van der Waals surface area contributed by atoms with Gasteiger partial charge in [0.05, 0.1) is 0 Å². The van der Waals surface area contributed by atoms with Crippen molar-refractivity contribution < 1.29 is 0 Å². The Kier molecular flexibility index (Phi) is 3.09. The molecule has 3 rings (SSSR count). The predicted molar refractivity (Wildman–Crippen MR) is 85.1 cm³/mol. The van der Waals surface area contributed by atoms with Gasteiger partial charge in [-0.05, 0) is 54.7 Å². The van der Waals surface area contributed by atoms with Gasteiger partial charge in [0.1, 0.15) is 0 Å². The first-order valence-electron chi connectivity index (χ1n) is 7.11. The van der Waals surface area contributed by atoms with Gasteiger partial charge < -0.3 is 4.98 Å². The van der Waals surface area contributed by atoms with Crippen molar-refractivity contribution in [2.75, 3.05) is 0 Å². The molecule has 2 nitrogen and oxygen atoms in total. The van der Waals surface area contributed by atoms with Crippen LogP contribution in [0.25, 0.3) is 22.0 Å². The fourth-order valence-corrected chi connectivity index (χ4v) is 2.81. The van der Waals surface area contributed by atoms with Crippen molar-refractivity contribution in [2.45, 2.75) is 33.6 Å². The van der Waals surface area contributed by atoms with Crippen molar-refractivity contribution in [3.05, 3.63) is 53.5 Å². The number of aryl methyl sites for hydroxylation is 2. The molecule has 20 heavy (non-hydrogen) atoms. The number of pyridine rings is 1. The third kappa shape index (κ3) is 2.22. The molecule has 2 aromatic heterocycles. The van der Waals surface area contributed by atoms with Crippen LogP contribution in [0.2, 0.25) is 0 Å². The third-order valence-corrected chi connectivity index (χ3v) is 3.75. The van der Waals surface area contributed by atoms with Gasteiger partial charge in [0.25, 0.3) is 0 Å². The highest BCUT2D eigenvalue weighted by Crippen LogP contribution is 2.29. The number of nitrogens with one attached hydrogen (secondary N) is 1. The molecule has 0 amide bonds. The van der Waals surface area contributed by atoms with Gasteiger partial charge in [-0.1, -0.05) is 26.0 Å². The highest BCUT2D eigenvalue weighted by Gasteiger charge is 2.08. The van der Waals surface area contributed by atoms with Gasteiger partial charge in [-0.3, -0.25) is 4.98 Å². The van der Waals surface area contributed by atoms with Gasteiger partial charge >= 0.3 is 0 Å². The molecule has 0 saturated heterocycles. The second-order valence-corrected chi connectivity index (χ2v) is 5.80. The van der Waals surface area contributed by atoms with Gasteiger partial charge in [0.15, 0.2) is 0 Å². The summed E-state index contributed by atoms with van der Waals surface area (Å²) in [6, 6.07) is 10.9. The maximum Gasteiger partial charge on any atom is 0.0463 e. The molecule has 102 valence electrons. The lowest BCUT2D eigenvalue weighted by Crippen LogP contribution is -1.88. The average Bonchev–Trinajstić information content (AvgIpc) is 2.80. The number of fused-ring (bicyclic) bond motifs is 1. The second kappa shape index (κ2) is 4.78. The Morgan fingerprint density at radius 3 is 2.30 bits per heavy atom. The number of hydrogen-bond donors (Lipinski definition) is 1. The predicted octanol–water partition coefficient (Wildman–Crippen LogP) is 4.97. The van der Waals surface area contributed by atoms with E-state index in [1.807, 2.05) is 13.8 Å². The van der Waals surface area contributed by atoms with Crippen molar-refractivity contribution in [3.63, 3.8) is 0 Å². The molecule has 3 aromatic rings. The van der Waals surface area contributed by atoms with E-state index in [-0.39, 0.29) is 0 Å². The van der Waals surface area contributed by atoms with Crippen molar-refractivity contribution in [1.82, 2.24) is 9.97 Å². The summed E-state index contributed by atoms with van der Waals surface area (Å²) >= 11 is 0. The van der Waals surface area contributed by atoms with Crippen LogP contribution in [0.15, 0.2) is 36.5 Å². The van der Waals surface area contributed by atoms with Crippen LogP contribution in [0.5, 0.6) is 0 Å². The normalized spacial score (nSPS) is 11.4. The minimum atomic E-state index is 0.542. The van der Waals surface area contributed by atoms with Gasteiger partial charge in [-0.25, -0.2) is 0 Å². The Bertz CT molecular complexity index is 746. The standard InChI is InChI=1S/C18H20N2/c1-11(2)17-10-19-18-9-14(5-6-16(17)18)15-7-12(3)20-13(4)8-15/h5-11,19H,1-4H3. The molecule has 1 N–H and O–H groups in total. The Morgan fingerprint density at radius 2 is 1.65 bits per heavy atom. The van der Waals surface area contributed by atoms with Crippen molar-refractivity contribution in [3.8, 4) is 11.1 Å². The van der Waals surface area contributed by atoms with Crippen LogP contribution in [0.4, 0.5) is 0 Å². The highest BCUT2D eigenvalue weighted by atomic mass is 14.7.